The number of benzene rings is 1. The number of likely N-dealkylation sites (N-methyl/N-ethyl adjacent to an activating group) is 1. The number of anilines is 2. The van der Waals surface area contributed by atoms with Crippen LogP contribution in [0.15, 0.2) is 47.5 Å². The zero-order chi connectivity index (χ0) is 27.8. The van der Waals surface area contributed by atoms with Gasteiger partial charge < -0.3 is 15.2 Å². The normalized spacial score (nSPS) is 18.2. The van der Waals surface area contributed by atoms with E-state index in [2.05, 4.69) is 20.2 Å². The van der Waals surface area contributed by atoms with Crippen LogP contribution in [0.3, 0.4) is 0 Å². The van der Waals surface area contributed by atoms with E-state index in [4.69, 9.17) is 0 Å². The van der Waals surface area contributed by atoms with Gasteiger partial charge in [0, 0.05) is 49.2 Å². The lowest BCUT2D eigenvalue weighted by atomic mass is 10.0. The topological polar surface area (TPSA) is 105 Å². The number of rotatable bonds is 4. The number of pyridine rings is 2. The van der Waals surface area contributed by atoms with E-state index in [0.29, 0.717) is 36.6 Å². The van der Waals surface area contributed by atoms with E-state index < -0.39 is 34.6 Å². The Kier molecular flexibility index (Phi) is 7.24. The molecule has 3 aromatic rings. The third-order valence-corrected chi connectivity index (χ3v) is 6.69. The largest absolute Gasteiger partial charge is 0.417 e. The molecule has 198 valence electrons. The second kappa shape index (κ2) is 10.3. The minimum atomic E-state index is -4.95. The Labute approximate surface area is 215 Å². The Morgan fingerprint density at radius 1 is 1.18 bits per heavy atom. The van der Waals surface area contributed by atoms with Gasteiger partial charge in [-0.15, -0.1) is 0 Å². The molecule has 1 aromatic carbocycles. The highest BCUT2D eigenvalue weighted by Gasteiger charge is 2.36. The Bertz CT molecular complexity index is 1470. The molecule has 12 heteroatoms. The molecule has 2 aromatic heterocycles. The van der Waals surface area contributed by atoms with E-state index in [1.165, 1.54) is 30.5 Å². The minimum absolute atomic E-state index is 0.0238. The van der Waals surface area contributed by atoms with Crippen molar-refractivity contribution in [1.82, 2.24) is 14.9 Å². The number of amides is 1. The van der Waals surface area contributed by atoms with Crippen LogP contribution in [0.5, 0.6) is 0 Å². The summed E-state index contributed by atoms with van der Waals surface area (Å²) in [7, 11) is 1.96. The quantitative estimate of drug-likeness (QED) is 0.491. The first kappa shape index (κ1) is 26.8. The number of nitrogens with zero attached hydrogens (tertiary/aromatic N) is 4. The number of piperazine rings is 1. The van der Waals surface area contributed by atoms with Gasteiger partial charge in [0.1, 0.15) is 17.6 Å². The SMILES string of the molecule is C[C@@H]1CN(c2cc(F)c(-c3ccnc(C#N)c3)cc2NC(=O)c2c[nH]c(=O)cc2C(F)(F)F)C[C@H](C)N1C. The van der Waals surface area contributed by atoms with Crippen LogP contribution < -0.4 is 15.8 Å². The van der Waals surface area contributed by atoms with Gasteiger partial charge in [-0.05, 0) is 50.7 Å². The van der Waals surface area contributed by atoms with Crippen LogP contribution in [0.1, 0.15) is 35.5 Å². The van der Waals surface area contributed by atoms with Gasteiger partial charge >= 0.3 is 6.18 Å². The van der Waals surface area contributed by atoms with Crippen molar-refractivity contribution in [3.05, 3.63) is 75.7 Å². The van der Waals surface area contributed by atoms with Crippen molar-refractivity contribution in [3.8, 4) is 17.2 Å². The molecule has 1 fully saturated rings. The lowest BCUT2D eigenvalue weighted by Crippen LogP contribution is -2.55. The number of halogens is 4. The van der Waals surface area contributed by atoms with Crippen LogP contribution in [0, 0.1) is 17.1 Å². The van der Waals surface area contributed by atoms with E-state index in [1.54, 1.807) is 0 Å². The summed E-state index contributed by atoms with van der Waals surface area (Å²) >= 11 is 0. The maximum absolute atomic E-state index is 15.5. The summed E-state index contributed by atoms with van der Waals surface area (Å²) in [5, 5.41) is 11.7. The van der Waals surface area contributed by atoms with Gasteiger partial charge in [-0.1, -0.05) is 0 Å². The van der Waals surface area contributed by atoms with Gasteiger partial charge in [-0.25, -0.2) is 9.37 Å². The lowest BCUT2D eigenvalue weighted by Gasteiger charge is -2.44. The molecular weight excluding hydrogens is 504 g/mol. The zero-order valence-corrected chi connectivity index (χ0v) is 20.7. The molecular formula is C26H24F4N6O2. The van der Waals surface area contributed by atoms with Gasteiger partial charge in [0.25, 0.3) is 5.91 Å². The van der Waals surface area contributed by atoms with Crippen LogP contribution in [0.25, 0.3) is 11.1 Å². The molecule has 2 atom stereocenters. The number of hydrogen-bond acceptors (Lipinski definition) is 6. The molecule has 1 amide bonds. The monoisotopic (exact) mass is 528 g/mol. The van der Waals surface area contributed by atoms with Crippen LogP contribution in [-0.2, 0) is 6.18 Å². The molecule has 0 radical (unpaired) electrons. The first-order valence-electron chi connectivity index (χ1n) is 11.7. The van der Waals surface area contributed by atoms with Crippen molar-refractivity contribution in [2.75, 3.05) is 30.4 Å². The van der Waals surface area contributed by atoms with Gasteiger partial charge in [0.15, 0.2) is 0 Å². The van der Waals surface area contributed by atoms with Crippen molar-refractivity contribution >= 4 is 17.3 Å². The fraction of sp³-hybridized carbons (Fsp3) is 0.308. The highest BCUT2D eigenvalue weighted by molar-refractivity contribution is 6.07. The molecule has 1 aliphatic heterocycles. The third kappa shape index (κ3) is 5.38. The van der Waals surface area contributed by atoms with Crippen LogP contribution in [0.2, 0.25) is 0 Å². The molecule has 0 saturated carbocycles. The molecule has 1 saturated heterocycles. The summed E-state index contributed by atoms with van der Waals surface area (Å²) in [6, 6.07) is 7.72. The van der Waals surface area contributed by atoms with Gasteiger partial charge in [0.2, 0.25) is 5.56 Å². The molecule has 8 nitrogen and oxygen atoms in total. The number of H-pyrrole nitrogens is 1. The fourth-order valence-corrected chi connectivity index (χ4v) is 4.49. The summed E-state index contributed by atoms with van der Waals surface area (Å²) in [5.41, 5.74) is -2.45. The molecule has 0 bridgehead atoms. The predicted octanol–water partition coefficient (Wildman–Crippen LogP) is 4.25. The van der Waals surface area contributed by atoms with Crippen molar-refractivity contribution < 1.29 is 22.4 Å². The summed E-state index contributed by atoms with van der Waals surface area (Å²) in [6.07, 6.45) is -2.92. The van der Waals surface area contributed by atoms with Crippen LogP contribution in [0.4, 0.5) is 28.9 Å². The smallest absolute Gasteiger partial charge is 0.367 e. The molecule has 38 heavy (non-hydrogen) atoms. The van der Waals surface area contributed by atoms with Crippen LogP contribution >= 0.6 is 0 Å². The fourth-order valence-electron chi connectivity index (χ4n) is 4.49. The maximum Gasteiger partial charge on any atom is 0.417 e. The summed E-state index contributed by atoms with van der Waals surface area (Å²) < 4.78 is 56.3. The first-order chi connectivity index (χ1) is 17.9. The van der Waals surface area contributed by atoms with Crippen LogP contribution in [-0.4, -0.2) is 53.0 Å². The Hall–Kier alpha value is -4.24. The number of alkyl halides is 3. The Morgan fingerprint density at radius 2 is 1.87 bits per heavy atom. The van der Waals surface area contributed by atoms with Gasteiger partial charge in [-0.3, -0.25) is 14.5 Å². The molecule has 0 unspecified atom stereocenters. The summed E-state index contributed by atoms with van der Waals surface area (Å²) in [6.45, 7) is 4.93. The zero-order valence-electron chi connectivity index (χ0n) is 20.7. The average molecular weight is 529 g/mol. The standard InChI is InChI=1S/C26H24F4N6O2/c1-14-12-36(13-15(2)35(14)3)23-9-21(27)18(16-4-5-32-17(6-16)10-31)7-22(23)34-25(38)19-11-33-24(37)8-20(19)26(28,29)30/h4-9,11,14-15H,12-13H2,1-3H3,(H,33,37)(H,34,38)/t14-,15+. The van der Waals surface area contributed by atoms with Crippen molar-refractivity contribution in [2.24, 2.45) is 0 Å². The maximum atomic E-state index is 15.5. The number of nitrogens with one attached hydrogen (secondary N) is 2. The molecule has 0 spiro atoms. The number of hydrogen-bond donors (Lipinski definition) is 2. The molecule has 3 heterocycles. The minimum Gasteiger partial charge on any atom is -0.367 e. The Balaban J connectivity index is 1.83. The second-order valence-corrected chi connectivity index (χ2v) is 9.24. The highest BCUT2D eigenvalue weighted by atomic mass is 19.4. The number of aromatic amines is 1. The Morgan fingerprint density at radius 3 is 2.50 bits per heavy atom. The second-order valence-electron chi connectivity index (χ2n) is 9.24. The van der Waals surface area contributed by atoms with Gasteiger partial charge in [-0.2, -0.15) is 18.4 Å². The molecule has 1 aliphatic rings. The van der Waals surface area contributed by atoms with Crippen molar-refractivity contribution in [1.29, 1.82) is 5.26 Å². The summed E-state index contributed by atoms with van der Waals surface area (Å²) in [5.74, 6) is -1.78. The number of carbonyl (C=O) groups excluding carboxylic acids is 1. The van der Waals surface area contributed by atoms with E-state index >= 15 is 4.39 Å². The molecule has 0 aliphatic carbocycles. The molecule has 2 N–H and O–H groups in total. The predicted molar refractivity (Wildman–Crippen MR) is 133 cm³/mol. The summed E-state index contributed by atoms with van der Waals surface area (Å²) in [4.78, 5) is 34.7. The average Bonchev–Trinajstić information content (AvgIpc) is 2.87. The lowest BCUT2D eigenvalue weighted by molar-refractivity contribution is -0.138. The van der Waals surface area contributed by atoms with Gasteiger partial charge in [0.05, 0.1) is 22.5 Å². The van der Waals surface area contributed by atoms with Crippen molar-refractivity contribution in [2.45, 2.75) is 32.1 Å². The first-order valence-corrected chi connectivity index (χ1v) is 11.7. The number of nitriles is 1. The van der Waals surface area contributed by atoms with E-state index in [9.17, 15) is 28.0 Å². The third-order valence-electron chi connectivity index (χ3n) is 6.69. The van der Waals surface area contributed by atoms with E-state index in [1.807, 2.05) is 31.9 Å². The molecule has 4 rings (SSSR count). The van der Waals surface area contributed by atoms with Crippen molar-refractivity contribution in [3.63, 3.8) is 0 Å². The van der Waals surface area contributed by atoms with E-state index in [-0.39, 0.29) is 29.0 Å². The van der Waals surface area contributed by atoms with E-state index in [0.717, 1.165) is 0 Å². The number of aromatic nitrogens is 2. The highest BCUT2D eigenvalue weighted by Crippen LogP contribution is 2.37. The number of carbonyl (C=O) groups is 1.